The van der Waals surface area contributed by atoms with Gasteiger partial charge in [0, 0.05) is 34.9 Å². The van der Waals surface area contributed by atoms with Crippen molar-refractivity contribution in [1.82, 2.24) is 4.68 Å². The first kappa shape index (κ1) is 19.9. The Bertz CT molecular complexity index is 1280. The van der Waals surface area contributed by atoms with Crippen LogP contribution in [0.3, 0.4) is 0 Å². The van der Waals surface area contributed by atoms with Crippen LogP contribution in [0.4, 0.5) is 0 Å². The van der Waals surface area contributed by atoms with Crippen LogP contribution in [0.15, 0.2) is 64.4 Å². The number of rotatable bonds is 1. The highest BCUT2D eigenvalue weighted by Gasteiger charge is 2.44. The number of carbonyl (C=O) groups excluding carboxylic acids is 1. The zero-order valence-corrected chi connectivity index (χ0v) is 18.6. The average molecular weight is 433 g/mol. The summed E-state index contributed by atoms with van der Waals surface area (Å²) < 4.78 is 1.69. The molecule has 0 saturated carbocycles. The molecule has 2 aromatic carbocycles. The number of Topliss-reactive ketones (excluding diaryl/α,β-unsaturated/α-hetero) is 1. The lowest BCUT2D eigenvalue weighted by Crippen LogP contribution is -2.54. The molecule has 5 nitrogen and oxygen atoms in total. The molecule has 1 aromatic heterocycles. The summed E-state index contributed by atoms with van der Waals surface area (Å²) in [4.78, 5) is 26.6. The minimum Gasteiger partial charge on any atom is -0.503 e. The number of pyridine rings is 1. The fourth-order valence-electron chi connectivity index (χ4n) is 4.75. The van der Waals surface area contributed by atoms with E-state index in [1.165, 1.54) is 27.7 Å². The number of aryl methyl sites for hydroxylation is 1. The number of fused-ring (bicyclic) bond motifs is 3. The highest BCUT2D eigenvalue weighted by Crippen LogP contribution is 2.45. The molecule has 1 N–H and O–H groups in total. The predicted molar refractivity (Wildman–Crippen MR) is 123 cm³/mol. The number of aromatic nitrogens is 1. The van der Waals surface area contributed by atoms with E-state index in [4.69, 9.17) is 0 Å². The van der Waals surface area contributed by atoms with Gasteiger partial charge < -0.3 is 5.11 Å². The van der Waals surface area contributed by atoms with Crippen molar-refractivity contribution in [2.75, 3.05) is 11.6 Å². The van der Waals surface area contributed by atoms with E-state index in [9.17, 15) is 14.7 Å². The van der Waals surface area contributed by atoms with Gasteiger partial charge in [0.2, 0.25) is 5.43 Å². The number of hydrogen-bond donors (Lipinski definition) is 1. The summed E-state index contributed by atoms with van der Waals surface area (Å²) >= 11 is 1.81. The van der Waals surface area contributed by atoms with Gasteiger partial charge in [-0.25, -0.2) is 0 Å². The van der Waals surface area contributed by atoms with Gasteiger partial charge in [-0.3, -0.25) is 19.3 Å². The maximum Gasteiger partial charge on any atom is 0.224 e. The summed E-state index contributed by atoms with van der Waals surface area (Å²) in [6.45, 7) is 6.32. The van der Waals surface area contributed by atoms with Gasteiger partial charge in [0.25, 0.3) is 0 Å². The Morgan fingerprint density at radius 3 is 2.65 bits per heavy atom. The second-order valence-corrected chi connectivity index (χ2v) is 9.93. The van der Waals surface area contributed by atoms with Crippen LogP contribution in [0.1, 0.15) is 52.6 Å². The Labute approximate surface area is 185 Å². The van der Waals surface area contributed by atoms with Crippen LogP contribution in [0, 0.1) is 12.3 Å². The third kappa shape index (κ3) is 3.00. The van der Waals surface area contributed by atoms with Crippen LogP contribution in [-0.4, -0.2) is 22.1 Å². The van der Waals surface area contributed by atoms with Gasteiger partial charge >= 0.3 is 0 Å². The molecule has 0 amide bonds. The molecular weight excluding hydrogens is 408 g/mol. The lowest BCUT2D eigenvalue weighted by molar-refractivity contribution is 0.0786. The largest absolute Gasteiger partial charge is 0.503 e. The monoisotopic (exact) mass is 432 g/mol. The molecule has 0 bridgehead atoms. The van der Waals surface area contributed by atoms with E-state index >= 15 is 0 Å². The molecule has 158 valence electrons. The van der Waals surface area contributed by atoms with Gasteiger partial charge in [0.1, 0.15) is 0 Å². The molecule has 2 aliphatic rings. The van der Waals surface area contributed by atoms with Crippen molar-refractivity contribution < 1.29 is 9.90 Å². The Balaban J connectivity index is 1.84. The quantitative estimate of drug-likeness (QED) is 0.617. The molecule has 3 heterocycles. The van der Waals surface area contributed by atoms with E-state index in [1.54, 1.807) is 10.9 Å². The molecule has 0 aliphatic carbocycles. The summed E-state index contributed by atoms with van der Waals surface area (Å²) in [5.41, 5.74) is 3.58. The fraction of sp³-hybridized carbons (Fsp3) is 0.280. The van der Waals surface area contributed by atoms with Gasteiger partial charge in [-0.15, -0.1) is 11.8 Å². The Morgan fingerprint density at radius 1 is 1.06 bits per heavy atom. The topological polar surface area (TPSA) is 62.5 Å². The summed E-state index contributed by atoms with van der Waals surface area (Å²) in [5.74, 6) is 0.162. The number of benzene rings is 2. The minimum absolute atomic E-state index is 0.0632. The molecule has 0 spiro atoms. The third-order valence-corrected chi connectivity index (χ3v) is 7.44. The fourth-order valence-corrected chi connectivity index (χ4v) is 5.83. The molecule has 5 rings (SSSR count). The first-order chi connectivity index (χ1) is 14.8. The van der Waals surface area contributed by atoms with Crippen LogP contribution >= 0.6 is 11.8 Å². The minimum atomic E-state index is -0.761. The van der Waals surface area contributed by atoms with Crippen LogP contribution in [0.25, 0.3) is 0 Å². The zero-order valence-electron chi connectivity index (χ0n) is 17.8. The predicted octanol–water partition coefficient (Wildman–Crippen LogP) is 4.42. The van der Waals surface area contributed by atoms with E-state index in [1.807, 2.05) is 37.7 Å². The van der Waals surface area contributed by atoms with E-state index in [-0.39, 0.29) is 17.5 Å². The van der Waals surface area contributed by atoms with Gasteiger partial charge in [-0.1, -0.05) is 50.2 Å². The molecule has 0 saturated heterocycles. The van der Waals surface area contributed by atoms with Crippen LogP contribution < -0.4 is 10.4 Å². The maximum atomic E-state index is 13.2. The molecule has 6 heteroatoms. The highest BCUT2D eigenvalue weighted by molar-refractivity contribution is 7.98. The van der Waals surface area contributed by atoms with Crippen molar-refractivity contribution >= 4 is 17.5 Å². The number of ketones is 1. The third-order valence-electron chi connectivity index (χ3n) is 6.30. The van der Waals surface area contributed by atoms with E-state index in [0.717, 1.165) is 11.3 Å². The van der Waals surface area contributed by atoms with Crippen molar-refractivity contribution in [3.8, 4) is 5.75 Å². The van der Waals surface area contributed by atoms with Gasteiger partial charge in [-0.2, -0.15) is 0 Å². The summed E-state index contributed by atoms with van der Waals surface area (Å²) in [5, 5.41) is 12.7. The number of thioether (sulfide) groups is 1. The van der Waals surface area contributed by atoms with E-state index in [0.29, 0.717) is 6.54 Å². The molecular formula is C25H24N2O3S. The molecule has 31 heavy (non-hydrogen) atoms. The van der Waals surface area contributed by atoms with Crippen molar-refractivity contribution in [1.29, 1.82) is 0 Å². The van der Waals surface area contributed by atoms with Crippen LogP contribution in [-0.2, 0) is 5.75 Å². The lowest BCUT2D eigenvalue weighted by atomic mass is 9.82. The van der Waals surface area contributed by atoms with E-state index < -0.39 is 16.6 Å². The highest BCUT2D eigenvalue weighted by atomic mass is 32.2. The maximum absolute atomic E-state index is 13.2. The van der Waals surface area contributed by atoms with Crippen molar-refractivity contribution in [3.05, 3.63) is 92.9 Å². The lowest BCUT2D eigenvalue weighted by Gasteiger charge is -2.45. The first-order valence-corrected chi connectivity index (χ1v) is 11.3. The van der Waals surface area contributed by atoms with Gasteiger partial charge in [0.05, 0.1) is 6.04 Å². The number of nitrogens with zero attached hydrogens (tertiary/aromatic N) is 2. The first-order valence-electron chi connectivity index (χ1n) is 10.4. The molecule has 0 fully saturated rings. The summed E-state index contributed by atoms with van der Waals surface area (Å²) in [6, 6.07) is 15.9. The molecule has 3 aromatic rings. The second kappa shape index (κ2) is 7.02. The second-order valence-electron chi connectivity index (χ2n) is 8.91. The van der Waals surface area contributed by atoms with Crippen molar-refractivity contribution in [2.24, 2.45) is 5.41 Å². The number of carbonyl (C=O) groups is 1. The molecule has 0 radical (unpaired) electrons. The standard InChI is InChI=1S/C25H24N2O3S/c1-15-7-6-8-16-13-31-19-10-5-4-9-17(19)21(20(15)16)27-14-25(2,3)24(30)22-23(29)18(28)11-12-26(22)27/h4-12,21,29H,13-14H2,1-3H3. The van der Waals surface area contributed by atoms with Crippen LogP contribution in [0.2, 0.25) is 0 Å². The summed E-state index contributed by atoms with van der Waals surface area (Å²) in [6.07, 6.45) is 1.61. The Kier molecular flexibility index (Phi) is 4.52. The molecule has 1 atom stereocenters. The Morgan fingerprint density at radius 2 is 1.84 bits per heavy atom. The number of hydrogen-bond acceptors (Lipinski definition) is 5. The number of aromatic hydroxyl groups is 1. The average Bonchev–Trinajstić information content (AvgIpc) is 2.91. The normalized spacial score (nSPS) is 19.3. The van der Waals surface area contributed by atoms with Crippen molar-refractivity contribution in [2.45, 2.75) is 37.5 Å². The SMILES string of the molecule is Cc1cccc2c1C(N1CC(C)(C)C(=O)c3c(O)c(=O)ccn31)c1ccccc1SC2. The van der Waals surface area contributed by atoms with Gasteiger partial charge in [0.15, 0.2) is 17.2 Å². The zero-order chi connectivity index (χ0) is 21.9. The van der Waals surface area contributed by atoms with Crippen molar-refractivity contribution in [3.63, 3.8) is 0 Å². The smallest absolute Gasteiger partial charge is 0.224 e. The van der Waals surface area contributed by atoms with Gasteiger partial charge in [-0.05, 0) is 35.2 Å². The van der Waals surface area contributed by atoms with Crippen LogP contribution in [0.5, 0.6) is 5.75 Å². The molecule has 2 aliphatic heterocycles. The Hall–Kier alpha value is -2.99. The van der Waals surface area contributed by atoms with E-state index in [2.05, 4.69) is 42.3 Å². The summed E-state index contributed by atoms with van der Waals surface area (Å²) in [7, 11) is 0. The molecule has 1 unspecified atom stereocenters.